The maximum absolute atomic E-state index is 12.1. The Balaban J connectivity index is 0.00000242. The topological polar surface area (TPSA) is 67.6 Å². The number of aryl methyl sites for hydroxylation is 1. The highest BCUT2D eigenvalue weighted by Gasteiger charge is 2.10. The summed E-state index contributed by atoms with van der Waals surface area (Å²) in [6, 6.07) is 5.43. The quantitative estimate of drug-likeness (QED) is 0.600. The van der Waals surface area contributed by atoms with Crippen LogP contribution in [-0.4, -0.2) is 50.2 Å². The molecule has 1 aromatic rings. The van der Waals surface area contributed by atoms with Gasteiger partial charge in [-0.2, -0.15) is 0 Å². The Hall–Kier alpha value is -1.01. The maximum atomic E-state index is 12.1. The van der Waals surface area contributed by atoms with E-state index in [9.17, 15) is 4.79 Å². The number of carbonyl (C=O) groups is 1. The zero-order chi connectivity index (χ0) is 15.1. The minimum atomic E-state index is -0.0360. The highest BCUT2D eigenvalue weighted by molar-refractivity contribution is 5.96. The summed E-state index contributed by atoms with van der Waals surface area (Å²) in [6.45, 7) is 7.43. The molecule has 0 bridgehead atoms. The molecule has 1 fully saturated rings. The highest BCUT2D eigenvalue weighted by Crippen LogP contribution is 2.12. The van der Waals surface area contributed by atoms with E-state index in [1.165, 1.54) is 0 Å². The van der Waals surface area contributed by atoms with Crippen molar-refractivity contribution in [3.05, 3.63) is 29.3 Å². The Kier molecular flexibility index (Phi) is 11.0. The second kappa shape index (κ2) is 11.5. The fourth-order valence-corrected chi connectivity index (χ4v) is 2.47. The molecule has 7 heteroatoms. The minimum Gasteiger partial charge on any atom is -0.399 e. The Morgan fingerprint density at radius 3 is 2.65 bits per heavy atom. The third-order valence-electron chi connectivity index (χ3n) is 3.80. The molecular weight excluding hydrogens is 337 g/mol. The van der Waals surface area contributed by atoms with Crippen LogP contribution in [0.25, 0.3) is 0 Å². The van der Waals surface area contributed by atoms with Gasteiger partial charge in [0.25, 0.3) is 5.91 Å². The number of hydrogen-bond donors (Lipinski definition) is 2. The van der Waals surface area contributed by atoms with E-state index >= 15 is 0 Å². The average Bonchev–Trinajstić information content (AvgIpc) is 2.50. The lowest BCUT2D eigenvalue weighted by atomic mass is 10.1. The van der Waals surface area contributed by atoms with Gasteiger partial charge < -0.3 is 15.8 Å². The molecule has 23 heavy (non-hydrogen) atoms. The van der Waals surface area contributed by atoms with Gasteiger partial charge in [0.1, 0.15) is 0 Å². The molecule has 1 aromatic carbocycles. The van der Waals surface area contributed by atoms with Gasteiger partial charge in [-0.15, -0.1) is 24.8 Å². The first-order chi connectivity index (χ1) is 10.2. The summed E-state index contributed by atoms with van der Waals surface area (Å²) in [5.74, 6) is -0.0360. The molecule has 2 rings (SSSR count). The zero-order valence-electron chi connectivity index (χ0n) is 13.5. The monoisotopic (exact) mass is 363 g/mol. The van der Waals surface area contributed by atoms with Crippen molar-refractivity contribution < 1.29 is 9.53 Å². The van der Waals surface area contributed by atoms with Crippen LogP contribution in [0.4, 0.5) is 5.69 Å². The number of amides is 1. The van der Waals surface area contributed by atoms with Crippen LogP contribution in [0, 0.1) is 6.92 Å². The lowest BCUT2D eigenvalue weighted by molar-refractivity contribution is 0.0372. The highest BCUT2D eigenvalue weighted by atomic mass is 35.5. The first-order valence-electron chi connectivity index (χ1n) is 7.61. The summed E-state index contributed by atoms with van der Waals surface area (Å²) in [5, 5.41) is 2.97. The van der Waals surface area contributed by atoms with Crippen LogP contribution < -0.4 is 11.1 Å². The molecule has 1 heterocycles. The molecular formula is C16H27Cl2N3O2. The number of unbranched alkanes of at least 4 members (excludes halogenated alkanes) is 1. The van der Waals surface area contributed by atoms with E-state index in [2.05, 4.69) is 10.2 Å². The number of rotatable bonds is 6. The number of nitrogen functional groups attached to an aromatic ring is 1. The number of benzene rings is 1. The number of nitrogens with zero attached hydrogens (tertiary/aromatic N) is 1. The average molecular weight is 364 g/mol. The molecule has 5 nitrogen and oxygen atoms in total. The molecule has 132 valence electrons. The summed E-state index contributed by atoms with van der Waals surface area (Å²) in [5.41, 5.74) is 7.98. The van der Waals surface area contributed by atoms with Crippen LogP contribution >= 0.6 is 24.8 Å². The van der Waals surface area contributed by atoms with Crippen LogP contribution in [0.5, 0.6) is 0 Å². The van der Waals surface area contributed by atoms with Crippen molar-refractivity contribution in [2.75, 3.05) is 45.1 Å². The van der Waals surface area contributed by atoms with Gasteiger partial charge in [0, 0.05) is 30.9 Å². The SMILES string of the molecule is Cc1ccc(N)cc1C(=O)NCCCCN1CCOCC1.Cl.Cl. The number of hydrogen-bond acceptors (Lipinski definition) is 4. The van der Waals surface area contributed by atoms with Gasteiger partial charge in [0.05, 0.1) is 13.2 Å². The van der Waals surface area contributed by atoms with Gasteiger partial charge in [0.2, 0.25) is 0 Å². The molecule has 1 aliphatic rings. The Bertz CT molecular complexity index is 480. The first kappa shape index (κ1) is 22.0. The largest absolute Gasteiger partial charge is 0.399 e. The number of ether oxygens (including phenoxy) is 1. The summed E-state index contributed by atoms with van der Waals surface area (Å²) in [4.78, 5) is 14.5. The van der Waals surface area contributed by atoms with Crippen molar-refractivity contribution >= 4 is 36.4 Å². The summed E-state index contributed by atoms with van der Waals surface area (Å²) >= 11 is 0. The van der Waals surface area contributed by atoms with Gasteiger partial charge in [-0.25, -0.2) is 0 Å². The van der Waals surface area contributed by atoms with E-state index in [0.29, 0.717) is 17.8 Å². The van der Waals surface area contributed by atoms with E-state index in [1.807, 2.05) is 19.1 Å². The molecule has 0 radical (unpaired) electrons. The lowest BCUT2D eigenvalue weighted by Gasteiger charge is -2.26. The Labute approximate surface area is 150 Å². The normalized spacial score (nSPS) is 14.5. The van der Waals surface area contributed by atoms with E-state index in [4.69, 9.17) is 10.5 Å². The van der Waals surface area contributed by atoms with Crippen LogP contribution in [-0.2, 0) is 4.74 Å². The predicted octanol–water partition coefficient (Wildman–Crippen LogP) is 2.26. The molecule has 1 aliphatic heterocycles. The second-order valence-corrected chi connectivity index (χ2v) is 5.49. The fraction of sp³-hybridized carbons (Fsp3) is 0.562. The van der Waals surface area contributed by atoms with Crippen molar-refractivity contribution in [2.45, 2.75) is 19.8 Å². The minimum absolute atomic E-state index is 0. The molecule has 0 aliphatic carbocycles. The number of halogens is 2. The van der Waals surface area contributed by atoms with Crippen molar-refractivity contribution in [3.63, 3.8) is 0 Å². The molecule has 1 saturated heterocycles. The van der Waals surface area contributed by atoms with Crippen LogP contribution in [0.3, 0.4) is 0 Å². The fourth-order valence-electron chi connectivity index (χ4n) is 2.47. The van der Waals surface area contributed by atoms with Crippen LogP contribution in [0.2, 0.25) is 0 Å². The standard InChI is InChI=1S/C16H25N3O2.2ClH/c1-13-4-5-14(17)12-15(13)16(20)18-6-2-3-7-19-8-10-21-11-9-19;;/h4-5,12H,2-3,6-11,17H2,1H3,(H,18,20);2*1H. The van der Waals surface area contributed by atoms with Gasteiger partial charge in [-0.05, 0) is 44.0 Å². The van der Waals surface area contributed by atoms with E-state index < -0.39 is 0 Å². The predicted molar refractivity (Wildman–Crippen MR) is 98.9 cm³/mol. The van der Waals surface area contributed by atoms with Gasteiger partial charge >= 0.3 is 0 Å². The van der Waals surface area contributed by atoms with Gasteiger partial charge in [-0.1, -0.05) is 6.07 Å². The molecule has 3 N–H and O–H groups in total. The number of nitrogens with one attached hydrogen (secondary N) is 1. The summed E-state index contributed by atoms with van der Waals surface area (Å²) < 4.78 is 5.32. The third-order valence-corrected chi connectivity index (χ3v) is 3.80. The molecule has 0 saturated carbocycles. The summed E-state index contributed by atoms with van der Waals surface area (Å²) in [6.07, 6.45) is 2.08. The number of anilines is 1. The van der Waals surface area contributed by atoms with Crippen LogP contribution in [0.1, 0.15) is 28.8 Å². The number of nitrogens with two attached hydrogens (primary N) is 1. The molecule has 1 amide bonds. The van der Waals surface area contributed by atoms with Gasteiger partial charge in [-0.3, -0.25) is 9.69 Å². The van der Waals surface area contributed by atoms with E-state index in [0.717, 1.165) is 51.3 Å². The van der Waals surface area contributed by atoms with Crippen molar-refractivity contribution in [1.82, 2.24) is 10.2 Å². The van der Waals surface area contributed by atoms with Crippen molar-refractivity contribution in [1.29, 1.82) is 0 Å². The Morgan fingerprint density at radius 1 is 1.26 bits per heavy atom. The second-order valence-electron chi connectivity index (χ2n) is 5.49. The lowest BCUT2D eigenvalue weighted by Crippen LogP contribution is -2.37. The van der Waals surface area contributed by atoms with E-state index in [-0.39, 0.29) is 30.7 Å². The number of morpholine rings is 1. The third kappa shape index (κ3) is 7.40. The molecule has 0 spiro atoms. The number of carbonyl (C=O) groups excluding carboxylic acids is 1. The molecule has 0 aromatic heterocycles. The molecule has 0 unspecified atom stereocenters. The smallest absolute Gasteiger partial charge is 0.251 e. The maximum Gasteiger partial charge on any atom is 0.251 e. The van der Waals surface area contributed by atoms with Crippen molar-refractivity contribution in [2.24, 2.45) is 0 Å². The van der Waals surface area contributed by atoms with Gasteiger partial charge in [0.15, 0.2) is 0 Å². The summed E-state index contributed by atoms with van der Waals surface area (Å²) in [7, 11) is 0. The molecule has 0 atom stereocenters. The van der Waals surface area contributed by atoms with E-state index in [1.54, 1.807) is 6.07 Å². The Morgan fingerprint density at radius 2 is 1.96 bits per heavy atom. The van der Waals surface area contributed by atoms with Crippen molar-refractivity contribution in [3.8, 4) is 0 Å². The van der Waals surface area contributed by atoms with Crippen LogP contribution in [0.15, 0.2) is 18.2 Å². The first-order valence-corrected chi connectivity index (χ1v) is 7.61. The zero-order valence-corrected chi connectivity index (χ0v) is 15.2.